The van der Waals surface area contributed by atoms with Crippen LogP contribution in [0.5, 0.6) is 5.75 Å². The summed E-state index contributed by atoms with van der Waals surface area (Å²) in [5.41, 5.74) is 1.71. The summed E-state index contributed by atoms with van der Waals surface area (Å²) >= 11 is 5.95. The Morgan fingerprint density at radius 3 is 2.50 bits per heavy atom. The van der Waals surface area contributed by atoms with E-state index in [0.29, 0.717) is 6.04 Å². The molecule has 2 fully saturated rings. The third-order valence-corrected chi connectivity index (χ3v) is 5.48. The number of anilines is 2. The van der Waals surface area contributed by atoms with Crippen LogP contribution < -0.4 is 15.0 Å². The number of pyridine rings is 1. The van der Waals surface area contributed by atoms with Gasteiger partial charge in [-0.05, 0) is 43.2 Å². The van der Waals surface area contributed by atoms with E-state index in [0.717, 1.165) is 59.4 Å². The average Bonchev–Trinajstić information content (AvgIpc) is 3.54. The Morgan fingerprint density at radius 1 is 0.964 bits per heavy atom. The predicted octanol–water partition coefficient (Wildman–Crippen LogP) is 4.30. The van der Waals surface area contributed by atoms with Crippen molar-refractivity contribution in [3.63, 3.8) is 0 Å². The Morgan fingerprint density at radius 2 is 1.75 bits per heavy atom. The monoisotopic (exact) mass is 395 g/mol. The van der Waals surface area contributed by atoms with Crippen molar-refractivity contribution >= 4 is 34.3 Å². The van der Waals surface area contributed by atoms with E-state index in [4.69, 9.17) is 26.3 Å². The molecule has 1 aromatic carbocycles. The number of hydrogen-bond acceptors (Lipinski definition) is 6. The summed E-state index contributed by atoms with van der Waals surface area (Å²) in [5.74, 6) is 2.69. The molecule has 7 heteroatoms. The minimum Gasteiger partial charge on any atom is -0.490 e. The second-order valence-electron chi connectivity index (χ2n) is 7.44. The van der Waals surface area contributed by atoms with Gasteiger partial charge in [0.1, 0.15) is 17.4 Å². The van der Waals surface area contributed by atoms with E-state index in [9.17, 15) is 0 Å². The van der Waals surface area contributed by atoms with Gasteiger partial charge in [-0.2, -0.15) is 0 Å². The van der Waals surface area contributed by atoms with Crippen molar-refractivity contribution < 1.29 is 4.74 Å². The van der Waals surface area contributed by atoms with Crippen molar-refractivity contribution in [3.05, 3.63) is 47.7 Å². The third-order valence-electron chi connectivity index (χ3n) is 5.22. The van der Waals surface area contributed by atoms with Crippen LogP contribution in [0.4, 0.5) is 11.6 Å². The zero-order valence-electron chi connectivity index (χ0n) is 15.5. The zero-order chi connectivity index (χ0) is 18.9. The van der Waals surface area contributed by atoms with Crippen LogP contribution >= 0.6 is 11.6 Å². The lowest BCUT2D eigenvalue weighted by Crippen LogP contribution is -2.39. The fourth-order valence-corrected chi connectivity index (χ4v) is 3.65. The molecule has 0 bridgehead atoms. The van der Waals surface area contributed by atoms with Gasteiger partial charge in [0, 0.05) is 43.2 Å². The van der Waals surface area contributed by atoms with Crippen molar-refractivity contribution in [2.75, 3.05) is 23.3 Å². The van der Waals surface area contributed by atoms with Gasteiger partial charge in [0.25, 0.3) is 0 Å². The molecular formula is C21H22ClN5O. The first kappa shape index (κ1) is 17.5. The van der Waals surface area contributed by atoms with Crippen molar-refractivity contribution in [1.82, 2.24) is 15.0 Å². The second kappa shape index (κ2) is 7.43. The van der Waals surface area contributed by atoms with Gasteiger partial charge >= 0.3 is 0 Å². The number of fused-ring (bicyclic) bond motifs is 1. The van der Waals surface area contributed by atoms with E-state index in [1.54, 1.807) is 12.4 Å². The summed E-state index contributed by atoms with van der Waals surface area (Å²) in [6, 6.07) is 10.0. The largest absolute Gasteiger partial charge is 0.490 e. The molecular weight excluding hydrogens is 374 g/mol. The molecule has 0 unspecified atom stereocenters. The Hall–Kier alpha value is -2.60. The zero-order valence-corrected chi connectivity index (χ0v) is 16.3. The van der Waals surface area contributed by atoms with E-state index in [-0.39, 0.29) is 6.10 Å². The summed E-state index contributed by atoms with van der Waals surface area (Å²) in [6.45, 7) is 1.77. The Labute approximate surface area is 168 Å². The number of ether oxygens (including phenoxy) is 1. The number of piperidine rings is 1. The maximum absolute atomic E-state index is 6.12. The average molecular weight is 396 g/mol. The van der Waals surface area contributed by atoms with Gasteiger partial charge in [-0.1, -0.05) is 11.6 Å². The van der Waals surface area contributed by atoms with Gasteiger partial charge in [0.15, 0.2) is 11.6 Å². The molecule has 28 heavy (non-hydrogen) atoms. The summed E-state index contributed by atoms with van der Waals surface area (Å²) in [7, 11) is 0. The molecule has 0 amide bonds. The van der Waals surface area contributed by atoms with E-state index in [2.05, 4.69) is 15.2 Å². The highest BCUT2D eigenvalue weighted by atomic mass is 35.5. The number of benzene rings is 1. The molecule has 1 aliphatic heterocycles. The topological polar surface area (TPSA) is 63.2 Å². The SMILES string of the molecule is Clc1ccc(OC2CCN(c3nc4cnccc4nc3NC3CC3)CC2)cc1. The summed E-state index contributed by atoms with van der Waals surface area (Å²) < 4.78 is 6.12. The lowest BCUT2D eigenvalue weighted by molar-refractivity contribution is 0.171. The van der Waals surface area contributed by atoms with Crippen LogP contribution in [0.25, 0.3) is 11.0 Å². The number of nitrogens with one attached hydrogen (secondary N) is 1. The first-order valence-electron chi connectivity index (χ1n) is 9.80. The third kappa shape index (κ3) is 3.83. The summed E-state index contributed by atoms with van der Waals surface area (Å²) in [5, 5.41) is 4.28. The molecule has 1 aliphatic carbocycles. The molecule has 0 radical (unpaired) electrons. The highest BCUT2D eigenvalue weighted by Gasteiger charge is 2.27. The van der Waals surface area contributed by atoms with Crippen molar-refractivity contribution in [2.45, 2.75) is 37.8 Å². The van der Waals surface area contributed by atoms with Gasteiger partial charge < -0.3 is 15.0 Å². The molecule has 0 spiro atoms. The highest BCUT2D eigenvalue weighted by Crippen LogP contribution is 2.32. The van der Waals surface area contributed by atoms with E-state index < -0.39 is 0 Å². The fourth-order valence-electron chi connectivity index (χ4n) is 3.53. The fraction of sp³-hybridized carbons (Fsp3) is 0.381. The van der Waals surface area contributed by atoms with Crippen molar-refractivity contribution in [1.29, 1.82) is 0 Å². The first-order valence-corrected chi connectivity index (χ1v) is 10.2. The Balaban J connectivity index is 1.32. The van der Waals surface area contributed by atoms with Gasteiger partial charge in [-0.3, -0.25) is 4.98 Å². The molecule has 5 rings (SSSR count). The standard InChI is InChI=1S/C21H22ClN5O/c22-14-1-5-16(6-2-14)28-17-8-11-27(12-9-17)21-20(24-15-3-4-15)25-18-7-10-23-13-19(18)26-21/h1-2,5-7,10,13,15,17H,3-4,8-9,11-12H2,(H,24,25). The van der Waals surface area contributed by atoms with Crippen LogP contribution in [0, 0.1) is 0 Å². The lowest BCUT2D eigenvalue weighted by Gasteiger charge is -2.33. The van der Waals surface area contributed by atoms with Gasteiger partial charge in [-0.25, -0.2) is 9.97 Å². The van der Waals surface area contributed by atoms with Crippen molar-refractivity contribution in [2.24, 2.45) is 0 Å². The quantitative estimate of drug-likeness (QED) is 0.694. The summed E-state index contributed by atoms with van der Waals surface area (Å²) in [4.78, 5) is 16.2. The molecule has 0 atom stereocenters. The number of halogens is 1. The Bertz CT molecular complexity index is 968. The lowest BCUT2D eigenvalue weighted by atomic mass is 10.1. The highest BCUT2D eigenvalue weighted by molar-refractivity contribution is 6.30. The molecule has 144 valence electrons. The number of hydrogen-bond donors (Lipinski definition) is 1. The molecule has 2 aromatic heterocycles. The molecule has 1 N–H and O–H groups in total. The minimum atomic E-state index is 0.201. The van der Waals surface area contributed by atoms with Crippen LogP contribution in [-0.2, 0) is 0 Å². The van der Waals surface area contributed by atoms with E-state index in [1.165, 1.54) is 12.8 Å². The molecule has 1 saturated carbocycles. The van der Waals surface area contributed by atoms with Crippen LogP contribution in [0.15, 0.2) is 42.7 Å². The maximum atomic E-state index is 6.12. The Kier molecular flexibility index (Phi) is 4.64. The van der Waals surface area contributed by atoms with E-state index >= 15 is 0 Å². The maximum Gasteiger partial charge on any atom is 0.172 e. The van der Waals surface area contributed by atoms with Gasteiger partial charge in [0.05, 0.1) is 11.7 Å². The van der Waals surface area contributed by atoms with Gasteiger partial charge in [0.2, 0.25) is 0 Å². The molecule has 1 saturated heterocycles. The predicted molar refractivity (Wildman–Crippen MR) is 111 cm³/mol. The number of aromatic nitrogens is 3. The summed E-state index contributed by atoms with van der Waals surface area (Å²) in [6.07, 6.45) is 8.03. The number of rotatable bonds is 5. The smallest absolute Gasteiger partial charge is 0.172 e. The molecule has 3 heterocycles. The van der Waals surface area contributed by atoms with Crippen LogP contribution in [0.3, 0.4) is 0 Å². The molecule has 3 aromatic rings. The second-order valence-corrected chi connectivity index (χ2v) is 7.87. The minimum absolute atomic E-state index is 0.201. The van der Waals surface area contributed by atoms with E-state index in [1.807, 2.05) is 30.3 Å². The molecule has 6 nitrogen and oxygen atoms in total. The number of nitrogens with zero attached hydrogens (tertiary/aromatic N) is 4. The van der Waals surface area contributed by atoms with Crippen LogP contribution in [0.1, 0.15) is 25.7 Å². The normalized spacial score (nSPS) is 17.7. The van der Waals surface area contributed by atoms with Gasteiger partial charge in [-0.15, -0.1) is 0 Å². The first-order chi connectivity index (χ1) is 13.7. The van der Waals surface area contributed by atoms with Crippen molar-refractivity contribution in [3.8, 4) is 5.75 Å². The van der Waals surface area contributed by atoms with Crippen LogP contribution in [-0.4, -0.2) is 40.2 Å². The molecule has 2 aliphatic rings. The van der Waals surface area contributed by atoms with Crippen LogP contribution in [0.2, 0.25) is 5.02 Å².